The fourth-order valence-corrected chi connectivity index (χ4v) is 2.49. The van der Waals surface area contributed by atoms with Crippen molar-refractivity contribution in [1.29, 1.82) is 0 Å². The SMILES string of the molecule is CN=C(NCCc1ccc(Cl)cc1)NCCc1c(C)noc1C.I. The second kappa shape index (κ2) is 10.6. The van der Waals surface area contributed by atoms with Gasteiger partial charge in [-0.05, 0) is 44.4 Å². The highest BCUT2D eigenvalue weighted by atomic mass is 127. The number of guanidine groups is 1. The number of aliphatic imine (C=N–C) groups is 1. The largest absolute Gasteiger partial charge is 0.361 e. The summed E-state index contributed by atoms with van der Waals surface area (Å²) in [6.45, 7) is 5.50. The molecule has 2 N–H and O–H groups in total. The highest BCUT2D eigenvalue weighted by Crippen LogP contribution is 2.12. The highest BCUT2D eigenvalue weighted by molar-refractivity contribution is 14.0. The minimum absolute atomic E-state index is 0. The molecular formula is C17H24ClIN4O. The van der Waals surface area contributed by atoms with E-state index in [1.807, 2.05) is 38.1 Å². The van der Waals surface area contributed by atoms with E-state index in [9.17, 15) is 0 Å². The van der Waals surface area contributed by atoms with Gasteiger partial charge in [-0.3, -0.25) is 4.99 Å². The van der Waals surface area contributed by atoms with Gasteiger partial charge in [-0.2, -0.15) is 0 Å². The molecule has 0 radical (unpaired) electrons. The van der Waals surface area contributed by atoms with Crippen LogP contribution in [0.2, 0.25) is 5.02 Å². The Bertz CT molecular complexity index is 636. The molecule has 0 aliphatic carbocycles. The maximum absolute atomic E-state index is 5.88. The van der Waals surface area contributed by atoms with Crippen LogP contribution in [-0.2, 0) is 12.8 Å². The first-order chi connectivity index (χ1) is 11.1. The molecule has 24 heavy (non-hydrogen) atoms. The summed E-state index contributed by atoms with van der Waals surface area (Å²) < 4.78 is 5.17. The molecule has 0 bridgehead atoms. The third-order valence-corrected chi connectivity index (χ3v) is 3.94. The van der Waals surface area contributed by atoms with Crippen LogP contribution in [-0.4, -0.2) is 31.3 Å². The quantitative estimate of drug-likeness (QED) is 0.392. The van der Waals surface area contributed by atoms with Crippen LogP contribution in [0.5, 0.6) is 0 Å². The molecule has 0 aliphatic heterocycles. The summed E-state index contributed by atoms with van der Waals surface area (Å²) in [6.07, 6.45) is 1.78. The zero-order valence-corrected chi connectivity index (χ0v) is 17.3. The first-order valence-electron chi connectivity index (χ1n) is 7.71. The number of benzene rings is 1. The van der Waals surface area contributed by atoms with E-state index in [1.165, 1.54) is 5.56 Å². The van der Waals surface area contributed by atoms with Crippen molar-refractivity contribution >= 4 is 41.5 Å². The monoisotopic (exact) mass is 462 g/mol. The zero-order valence-electron chi connectivity index (χ0n) is 14.2. The molecule has 0 spiro atoms. The summed E-state index contributed by atoms with van der Waals surface area (Å²) in [5.41, 5.74) is 3.36. The van der Waals surface area contributed by atoms with Gasteiger partial charge in [-0.1, -0.05) is 28.9 Å². The first-order valence-corrected chi connectivity index (χ1v) is 8.08. The van der Waals surface area contributed by atoms with Gasteiger partial charge in [-0.25, -0.2) is 0 Å². The lowest BCUT2D eigenvalue weighted by Gasteiger charge is -2.12. The molecule has 0 fully saturated rings. The lowest BCUT2D eigenvalue weighted by molar-refractivity contribution is 0.392. The Morgan fingerprint density at radius 1 is 1.12 bits per heavy atom. The van der Waals surface area contributed by atoms with Crippen LogP contribution < -0.4 is 10.6 Å². The van der Waals surface area contributed by atoms with E-state index in [0.717, 1.165) is 53.9 Å². The molecule has 2 aromatic rings. The maximum Gasteiger partial charge on any atom is 0.190 e. The van der Waals surface area contributed by atoms with Gasteiger partial charge >= 0.3 is 0 Å². The van der Waals surface area contributed by atoms with Crippen LogP contribution >= 0.6 is 35.6 Å². The molecule has 132 valence electrons. The van der Waals surface area contributed by atoms with E-state index < -0.39 is 0 Å². The predicted octanol–water partition coefficient (Wildman–Crippen LogP) is 3.51. The smallest absolute Gasteiger partial charge is 0.190 e. The third-order valence-electron chi connectivity index (χ3n) is 3.69. The van der Waals surface area contributed by atoms with Crippen LogP contribution in [0.25, 0.3) is 0 Å². The van der Waals surface area contributed by atoms with Crippen LogP contribution in [0.15, 0.2) is 33.8 Å². The molecule has 1 heterocycles. The van der Waals surface area contributed by atoms with E-state index in [1.54, 1.807) is 7.05 Å². The van der Waals surface area contributed by atoms with Gasteiger partial charge in [0.05, 0.1) is 5.69 Å². The predicted molar refractivity (Wildman–Crippen MR) is 110 cm³/mol. The molecule has 5 nitrogen and oxygen atoms in total. The fraction of sp³-hybridized carbons (Fsp3) is 0.412. The van der Waals surface area contributed by atoms with Crippen LogP contribution in [0, 0.1) is 13.8 Å². The van der Waals surface area contributed by atoms with Crippen molar-refractivity contribution in [3.05, 3.63) is 51.9 Å². The summed E-state index contributed by atoms with van der Waals surface area (Å²) in [5.74, 6) is 1.68. The lowest BCUT2D eigenvalue weighted by Crippen LogP contribution is -2.39. The van der Waals surface area contributed by atoms with E-state index in [-0.39, 0.29) is 24.0 Å². The Labute approximate surface area is 165 Å². The molecule has 0 unspecified atom stereocenters. The molecule has 0 saturated heterocycles. The minimum Gasteiger partial charge on any atom is -0.361 e. The number of hydrogen-bond acceptors (Lipinski definition) is 3. The Kier molecular flexibility index (Phi) is 9.13. The number of aryl methyl sites for hydroxylation is 2. The summed E-state index contributed by atoms with van der Waals surface area (Å²) in [4.78, 5) is 4.23. The Balaban J connectivity index is 0.00000288. The van der Waals surface area contributed by atoms with Crippen molar-refractivity contribution in [1.82, 2.24) is 15.8 Å². The van der Waals surface area contributed by atoms with Crippen LogP contribution in [0.4, 0.5) is 0 Å². The molecule has 7 heteroatoms. The molecule has 2 rings (SSSR count). The highest BCUT2D eigenvalue weighted by Gasteiger charge is 2.08. The topological polar surface area (TPSA) is 62.5 Å². The van der Waals surface area contributed by atoms with Gasteiger partial charge in [-0.15, -0.1) is 24.0 Å². The molecule has 0 amide bonds. The Hall–Kier alpha value is -1.28. The second-order valence-electron chi connectivity index (χ2n) is 5.35. The van der Waals surface area contributed by atoms with Gasteiger partial charge in [0.2, 0.25) is 0 Å². The van der Waals surface area contributed by atoms with Gasteiger partial charge in [0.25, 0.3) is 0 Å². The zero-order chi connectivity index (χ0) is 16.7. The van der Waals surface area contributed by atoms with Gasteiger partial charge in [0.15, 0.2) is 5.96 Å². The first kappa shape index (κ1) is 20.8. The molecule has 1 aromatic heterocycles. The minimum atomic E-state index is 0. The second-order valence-corrected chi connectivity index (χ2v) is 5.79. The van der Waals surface area contributed by atoms with E-state index in [0.29, 0.717) is 0 Å². The Morgan fingerprint density at radius 3 is 2.29 bits per heavy atom. The standard InChI is InChI=1S/C17H23ClN4O.HI/c1-12-16(13(2)23-22-12)9-11-21-17(19-3)20-10-8-14-4-6-15(18)7-5-14;/h4-7H,8-11H2,1-3H3,(H2,19,20,21);1H. The number of nitrogens with zero attached hydrogens (tertiary/aromatic N) is 2. The van der Waals surface area contributed by atoms with E-state index >= 15 is 0 Å². The molecule has 0 atom stereocenters. The molecule has 0 saturated carbocycles. The van der Waals surface area contributed by atoms with Gasteiger partial charge in [0, 0.05) is 30.7 Å². The summed E-state index contributed by atoms with van der Waals surface area (Å²) in [5, 5.41) is 11.3. The van der Waals surface area contributed by atoms with Crippen molar-refractivity contribution in [3.8, 4) is 0 Å². The van der Waals surface area contributed by atoms with Crippen molar-refractivity contribution < 1.29 is 4.52 Å². The van der Waals surface area contributed by atoms with Crippen molar-refractivity contribution in [3.63, 3.8) is 0 Å². The number of nitrogens with one attached hydrogen (secondary N) is 2. The molecule has 1 aromatic carbocycles. The normalized spacial score (nSPS) is 11.1. The summed E-state index contributed by atoms with van der Waals surface area (Å²) in [6, 6.07) is 7.90. The summed E-state index contributed by atoms with van der Waals surface area (Å²) >= 11 is 5.88. The van der Waals surface area contributed by atoms with Crippen LogP contribution in [0.1, 0.15) is 22.6 Å². The number of rotatable bonds is 6. The van der Waals surface area contributed by atoms with E-state index in [2.05, 4.69) is 20.8 Å². The van der Waals surface area contributed by atoms with Crippen LogP contribution in [0.3, 0.4) is 0 Å². The van der Waals surface area contributed by atoms with E-state index in [4.69, 9.17) is 16.1 Å². The van der Waals surface area contributed by atoms with Gasteiger partial charge < -0.3 is 15.2 Å². The van der Waals surface area contributed by atoms with Crippen molar-refractivity contribution in [2.24, 2.45) is 4.99 Å². The number of hydrogen-bond donors (Lipinski definition) is 2. The fourth-order valence-electron chi connectivity index (χ4n) is 2.36. The van der Waals surface area contributed by atoms with Crippen molar-refractivity contribution in [2.45, 2.75) is 26.7 Å². The molecule has 0 aliphatic rings. The molecular weight excluding hydrogens is 439 g/mol. The lowest BCUT2D eigenvalue weighted by atomic mass is 10.1. The average Bonchev–Trinajstić information content (AvgIpc) is 2.87. The number of aromatic nitrogens is 1. The van der Waals surface area contributed by atoms with Gasteiger partial charge in [0.1, 0.15) is 5.76 Å². The van der Waals surface area contributed by atoms with Crippen molar-refractivity contribution in [2.75, 3.05) is 20.1 Å². The Morgan fingerprint density at radius 2 is 1.75 bits per heavy atom. The number of halogens is 2. The summed E-state index contributed by atoms with van der Waals surface area (Å²) in [7, 11) is 1.77. The third kappa shape index (κ3) is 6.32. The maximum atomic E-state index is 5.88. The average molecular weight is 463 g/mol.